The Morgan fingerprint density at radius 3 is 2.46 bits per heavy atom. The Bertz CT molecular complexity index is 721. The molecule has 2 aliphatic heterocycles. The van der Waals surface area contributed by atoms with Crippen LogP contribution in [0.15, 0.2) is 24.3 Å². The second kappa shape index (κ2) is 7.09. The smallest absolute Gasteiger partial charge is 0.227 e. The molecule has 1 unspecified atom stereocenters. The fraction of sp³-hybridized carbons (Fsp3) is 0.550. The first-order valence-corrected chi connectivity index (χ1v) is 9.57. The van der Waals surface area contributed by atoms with Gasteiger partial charge in [0, 0.05) is 50.1 Å². The number of carbonyl (C=O) groups is 3. The highest BCUT2D eigenvalue weighted by molar-refractivity contribution is 5.96. The van der Waals surface area contributed by atoms with Crippen LogP contribution in [0.25, 0.3) is 0 Å². The number of nitrogens with one attached hydrogen (secondary N) is 1. The monoisotopic (exact) mass is 355 g/mol. The van der Waals surface area contributed by atoms with E-state index in [1.54, 1.807) is 0 Å². The molecule has 2 heterocycles. The first-order chi connectivity index (χ1) is 12.6. The molecule has 0 spiro atoms. The lowest BCUT2D eigenvalue weighted by Gasteiger charge is -2.35. The maximum atomic E-state index is 12.5. The van der Waals surface area contributed by atoms with Crippen molar-refractivity contribution in [3.63, 3.8) is 0 Å². The maximum absolute atomic E-state index is 12.5. The summed E-state index contributed by atoms with van der Waals surface area (Å²) in [4.78, 5) is 40.6. The summed E-state index contributed by atoms with van der Waals surface area (Å²) in [6, 6.07) is 7.83. The predicted octanol–water partition coefficient (Wildman–Crippen LogP) is 1.66. The molecule has 1 saturated carbocycles. The number of anilines is 1. The van der Waals surface area contributed by atoms with Gasteiger partial charge >= 0.3 is 0 Å². The van der Waals surface area contributed by atoms with Crippen LogP contribution < -0.4 is 5.32 Å². The number of nitrogens with zero attached hydrogens (tertiary/aromatic N) is 2. The van der Waals surface area contributed by atoms with Crippen molar-refractivity contribution in [3.8, 4) is 0 Å². The highest BCUT2D eigenvalue weighted by atomic mass is 16.2. The third-order valence-corrected chi connectivity index (χ3v) is 5.69. The van der Waals surface area contributed by atoms with Gasteiger partial charge in [-0.25, -0.2) is 0 Å². The van der Waals surface area contributed by atoms with Crippen molar-refractivity contribution in [1.29, 1.82) is 0 Å². The Hall–Kier alpha value is -2.37. The number of rotatable bonds is 4. The summed E-state index contributed by atoms with van der Waals surface area (Å²) in [6.07, 6.45) is 3.69. The number of carbonyl (C=O) groups excluding carboxylic acids is 3. The van der Waals surface area contributed by atoms with Gasteiger partial charge in [0.2, 0.25) is 17.7 Å². The standard InChI is InChI=1S/C20H25N3O3/c24-18(22-9-11-23(12-10-22)20(26)14-5-6-14)8-7-16-13-15-3-1-2-4-17(15)21-19(16)25/h1-4,14,16H,5-13H2,(H,21,25). The van der Waals surface area contributed by atoms with Crippen molar-refractivity contribution in [1.82, 2.24) is 9.80 Å². The van der Waals surface area contributed by atoms with Gasteiger partial charge < -0.3 is 15.1 Å². The molecule has 1 aromatic carbocycles. The number of hydrogen-bond donors (Lipinski definition) is 1. The summed E-state index contributed by atoms with van der Waals surface area (Å²) in [5, 5.41) is 2.94. The molecule has 2 fully saturated rings. The van der Waals surface area contributed by atoms with Crippen LogP contribution in [0.4, 0.5) is 5.69 Å². The molecule has 0 aromatic heterocycles. The van der Waals surface area contributed by atoms with Crippen molar-refractivity contribution >= 4 is 23.4 Å². The van der Waals surface area contributed by atoms with Gasteiger partial charge in [-0.2, -0.15) is 0 Å². The Balaban J connectivity index is 1.25. The molecule has 0 bridgehead atoms. The average molecular weight is 355 g/mol. The van der Waals surface area contributed by atoms with Crippen LogP contribution in [-0.4, -0.2) is 53.7 Å². The van der Waals surface area contributed by atoms with E-state index in [2.05, 4.69) is 5.32 Å². The lowest BCUT2D eigenvalue weighted by atomic mass is 9.89. The number of hydrogen-bond acceptors (Lipinski definition) is 3. The summed E-state index contributed by atoms with van der Waals surface area (Å²) in [5.41, 5.74) is 2.02. The zero-order valence-corrected chi connectivity index (χ0v) is 14.9. The number of benzene rings is 1. The quantitative estimate of drug-likeness (QED) is 0.893. The van der Waals surface area contributed by atoms with E-state index in [0.717, 1.165) is 24.1 Å². The summed E-state index contributed by atoms with van der Waals surface area (Å²) >= 11 is 0. The van der Waals surface area contributed by atoms with Crippen LogP contribution >= 0.6 is 0 Å². The van der Waals surface area contributed by atoms with Crippen LogP contribution in [0.3, 0.4) is 0 Å². The number of amides is 3. The average Bonchev–Trinajstić information content (AvgIpc) is 3.51. The van der Waals surface area contributed by atoms with Crippen LogP contribution in [0.5, 0.6) is 0 Å². The first kappa shape index (κ1) is 17.1. The number of piperazine rings is 1. The zero-order chi connectivity index (χ0) is 18.1. The molecular formula is C20H25N3O3. The van der Waals surface area contributed by atoms with Gasteiger partial charge in [-0.3, -0.25) is 14.4 Å². The van der Waals surface area contributed by atoms with Gasteiger partial charge in [-0.1, -0.05) is 18.2 Å². The molecule has 3 amide bonds. The number of para-hydroxylation sites is 1. The molecule has 1 N–H and O–H groups in total. The Morgan fingerprint density at radius 1 is 1.04 bits per heavy atom. The second-order valence-corrected chi connectivity index (χ2v) is 7.57. The minimum Gasteiger partial charge on any atom is -0.339 e. The summed E-state index contributed by atoms with van der Waals surface area (Å²) in [5.74, 6) is 0.456. The van der Waals surface area contributed by atoms with Crippen LogP contribution in [-0.2, 0) is 20.8 Å². The Kier molecular flexibility index (Phi) is 4.66. The molecule has 26 heavy (non-hydrogen) atoms. The molecule has 4 rings (SSSR count). The molecule has 6 heteroatoms. The first-order valence-electron chi connectivity index (χ1n) is 9.57. The predicted molar refractivity (Wildman–Crippen MR) is 97.4 cm³/mol. The van der Waals surface area contributed by atoms with Gasteiger partial charge in [-0.15, -0.1) is 0 Å². The third-order valence-electron chi connectivity index (χ3n) is 5.69. The van der Waals surface area contributed by atoms with E-state index < -0.39 is 0 Å². The van der Waals surface area contributed by atoms with Crippen LogP contribution in [0, 0.1) is 11.8 Å². The van der Waals surface area contributed by atoms with E-state index in [4.69, 9.17) is 0 Å². The van der Waals surface area contributed by atoms with E-state index in [-0.39, 0.29) is 29.6 Å². The molecule has 0 radical (unpaired) electrons. The maximum Gasteiger partial charge on any atom is 0.227 e. The van der Waals surface area contributed by atoms with E-state index in [0.29, 0.717) is 45.4 Å². The second-order valence-electron chi connectivity index (χ2n) is 7.57. The SMILES string of the molecule is O=C1Nc2ccccc2CC1CCC(=O)N1CCN(C(=O)C2CC2)CC1. The summed E-state index contributed by atoms with van der Waals surface area (Å²) in [6.45, 7) is 2.49. The van der Waals surface area contributed by atoms with E-state index in [9.17, 15) is 14.4 Å². The summed E-state index contributed by atoms with van der Waals surface area (Å²) < 4.78 is 0. The minimum atomic E-state index is -0.147. The van der Waals surface area contributed by atoms with Crippen molar-refractivity contribution in [3.05, 3.63) is 29.8 Å². The zero-order valence-electron chi connectivity index (χ0n) is 14.9. The molecule has 1 aromatic rings. The van der Waals surface area contributed by atoms with Crippen molar-refractivity contribution in [2.75, 3.05) is 31.5 Å². The highest BCUT2D eigenvalue weighted by Crippen LogP contribution is 2.31. The lowest BCUT2D eigenvalue weighted by Crippen LogP contribution is -2.51. The van der Waals surface area contributed by atoms with Crippen molar-refractivity contribution in [2.24, 2.45) is 11.8 Å². The van der Waals surface area contributed by atoms with Gasteiger partial charge in [0.15, 0.2) is 0 Å². The Labute approximate surface area is 153 Å². The Morgan fingerprint density at radius 2 is 1.73 bits per heavy atom. The molecular weight excluding hydrogens is 330 g/mol. The summed E-state index contributed by atoms with van der Waals surface area (Å²) in [7, 11) is 0. The molecule has 138 valence electrons. The van der Waals surface area contributed by atoms with Crippen molar-refractivity contribution < 1.29 is 14.4 Å². The fourth-order valence-electron chi connectivity index (χ4n) is 3.87. The molecule has 1 atom stereocenters. The number of fused-ring (bicyclic) bond motifs is 1. The van der Waals surface area contributed by atoms with Crippen LogP contribution in [0.2, 0.25) is 0 Å². The largest absolute Gasteiger partial charge is 0.339 e. The van der Waals surface area contributed by atoms with Gasteiger partial charge in [-0.05, 0) is 37.3 Å². The minimum absolute atomic E-state index is 0.0105. The van der Waals surface area contributed by atoms with Gasteiger partial charge in [0.25, 0.3) is 0 Å². The van der Waals surface area contributed by atoms with E-state index >= 15 is 0 Å². The van der Waals surface area contributed by atoms with E-state index in [1.165, 1.54) is 0 Å². The third kappa shape index (κ3) is 3.59. The topological polar surface area (TPSA) is 69.7 Å². The lowest BCUT2D eigenvalue weighted by molar-refractivity contribution is -0.140. The van der Waals surface area contributed by atoms with Gasteiger partial charge in [0.05, 0.1) is 0 Å². The molecule has 6 nitrogen and oxygen atoms in total. The van der Waals surface area contributed by atoms with E-state index in [1.807, 2.05) is 34.1 Å². The van der Waals surface area contributed by atoms with Crippen molar-refractivity contribution in [2.45, 2.75) is 32.1 Å². The highest BCUT2D eigenvalue weighted by Gasteiger charge is 2.35. The normalized spacial score (nSPS) is 22.6. The molecule has 1 aliphatic carbocycles. The molecule has 3 aliphatic rings. The van der Waals surface area contributed by atoms with Crippen LogP contribution in [0.1, 0.15) is 31.2 Å². The molecule has 1 saturated heterocycles. The fourth-order valence-corrected chi connectivity index (χ4v) is 3.87. The van der Waals surface area contributed by atoms with Gasteiger partial charge in [0.1, 0.15) is 0 Å².